The molecule has 0 saturated heterocycles. The fraction of sp³-hybridized carbons (Fsp3) is 0.222. The van der Waals surface area contributed by atoms with Crippen LogP contribution in [-0.4, -0.2) is 14.8 Å². The molecule has 0 bridgehead atoms. The number of nitrogens with zero attached hydrogens (tertiary/aromatic N) is 2. The summed E-state index contributed by atoms with van der Waals surface area (Å²) in [6.45, 7) is 2.53. The van der Waals surface area contributed by atoms with Gasteiger partial charge in [-0.1, -0.05) is 43.0 Å². The van der Waals surface area contributed by atoms with Crippen LogP contribution in [0.2, 0.25) is 0 Å². The lowest BCUT2D eigenvalue weighted by Gasteiger charge is -2.17. The maximum atomic E-state index is 13.3. The lowest BCUT2D eigenvalue weighted by Crippen LogP contribution is -2.17. The number of H-pyrrole nitrogens is 1. The molecule has 1 aromatic heterocycles. The zero-order valence-electron chi connectivity index (χ0n) is 13.6. The van der Waals surface area contributed by atoms with Gasteiger partial charge in [-0.05, 0) is 41.8 Å². The van der Waals surface area contributed by atoms with Crippen molar-refractivity contribution in [1.82, 2.24) is 14.8 Å². The van der Waals surface area contributed by atoms with Gasteiger partial charge in [-0.3, -0.25) is 4.57 Å². The minimum Gasteiger partial charge on any atom is -0.270 e. The van der Waals surface area contributed by atoms with Crippen LogP contribution in [0.4, 0.5) is 8.78 Å². The van der Waals surface area contributed by atoms with Gasteiger partial charge >= 0.3 is 5.69 Å². The van der Waals surface area contributed by atoms with E-state index in [0.717, 1.165) is 17.5 Å². The van der Waals surface area contributed by atoms with Crippen molar-refractivity contribution in [1.29, 1.82) is 0 Å². The van der Waals surface area contributed by atoms with Crippen LogP contribution >= 0.6 is 11.8 Å². The molecule has 25 heavy (non-hydrogen) atoms. The molecule has 1 N–H and O–H groups in total. The first-order valence-corrected chi connectivity index (χ1v) is 8.79. The summed E-state index contributed by atoms with van der Waals surface area (Å²) in [5.74, 6) is -0.650. The van der Waals surface area contributed by atoms with Crippen LogP contribution in [0.3, 0.4) is 0 Å². The molecule has 0 unspecified atom stereocenters. The van der Waals surface area contributed by atoms with Crippen LogP contribution in [0.25, 0.3) is 0 Å². The summed E-state index contributed by atoms with van der Waals surface area (Å²) in [6, 6.07) is 12.3. The van der Waals surface area contributed by atoms with Crippen LogP contribution in [0.5, 0.6) is 0 Å². The third kappa shape index (κ3) is 3.99. The minimum absolute atomic E-state index is 0.244. The van der Waals surface area contributed by atoms with Crippen LogP contribution in [0.15, 0.2) is 58.5 Å². The van der Waals surface area contributed by atoms with Gasteiger partial charge in [-0.2, -0.15) is 0 Å². The van der Waals surface area contributed by atoms with E-state index < -0.39 is 0 Å². The number of benzene rings is 2. The molecule has 1 heterocycles. The summed E-state index contributed by atoms with van der Waals surface area (Å²) in [5.41, 5.74) is 1.43. The summed E-state index contributed by atoms with van der Waals surface area (Å²) in [6.07, 6.45) is 0.796. The lowest BCUT2D eigenvalue weighted by molar-refractivity contribution is 0.603. The van der Waals surface area contributed by atoms with Gasteiger partial charge in [0.15, 0.2) is 5.16 Å². The van der Waals surface area contributed by atoms with Crippen molar-refractivity contribution < 1.29 is 8.78 Å². The van der Waals surface area contributed by atoms with Crippen molar-refractivity contribution in [3.8, 4) is 0 Å². The topological polar surface area (TPSA) is 50.7 Å². The van der Waals surface area contributed by atoms with Crippen molar-refractivity contribution in [3.63, 3.8) is 0 Å². The second-order valence-electron chi connectivity index (χ2n) is 5.56. The number of hydrogen-bond acceptors (Lipinski definition) is 3. The monoisotopic (exact) mass is 361 g/mol. The van der Waals surface area contributed by atoms with Crippen molar-refractivity contribution in [3.05, 3.63) is 81.8 Å². The predicted octanol–water partition coefficient (Wildman–Crippen LogP) is 4.14. The van der Waals surface area contributed by atoms with E-state index in [-0.39, 0.29) is 22.6 Å². The molecule has 0 spiro atoms. The highest BCUT2D eigenvalue weighted by atomic mass is 32.2. The van der Waals surface area contributed by atoms with E-state index in [2.05, 4.69) is 10.2 Å². The Bertz CT molecular complexity index is 842. The smallest absolute Gasteiger partial charge is 0.270 e. The van der Waals surface area contributed by atoms with E-state index >= 15 is 0 Å². The quantitative estimate of drug-likeness (QED) is 0.671. The Morgan fingerprint density at radius 1 is 1.04 bits per heavy atom. The zero-order chi connectivity index (χ0) is 17.8. The van der Waals surface area contributed by atoms with Crippen LogP contribution in [0, 0.1) is 11.6 Å². The van der Waals surface area contributed by atoms with E-state index in [0.29, 0.717) is 11.7 Å². The molecule has 2 aromatic carbocycles. The number of thioether (sulfide) groups is 1. The molecule has 0 aliphatic carbocycles. The molecule has 0 atom stereocenters. The maximum Gasteiger partial charge on any atom is 0.343 e. The SMILES string of the molecule is CCCn1c(SC(c2ccc(F)cc2)c2ccc(F)cc2)n[nH]c1=O. The van der Waals surface area contributed by atoms with E-state index in [1.54, 1.807) is 28.8 Å². The van der Waals surface area contributed by atoms with Gasteiger partial charge in [0.25, 0.3) is 0 Å². The van der Waals surface area contributed by atoms with Gasteiger partial charge < -0.3 is 0 Å². The minimum atomic E-state index is -0.325. The van der Waals surface area contributed by atoms with Gasteiger partial charge in [-0.15, -0.1) is 5.10 Å². The van der Waals surface area contributed by atoms with E-state index in [4.69, 9.17) is 0 Å². The van der Waals surface area contributed by atoms with Crippen molar-refractivity contribution >= 4 is 11.8 Å². The fourth-order valence-electron chi connectivity index (χ4n) is 2.52. The fourth-order valence-corrected chi connectivity index (χ4v) is 3.72. The first-order chi connectivity index (χ1) is 12.1. The van der Waals surface area contributed by atoms with Crippen LogP contribution in [-0.2, 0) is 6.54 Å². The van der Waals surface area contributed by atoms with Crippen molar-refractivity contribution in [2.24, 2.45) is 0 Å². The number of aromatic nitrogens is 3. The highest BCUT2D eigenvalue weighted by Gasteiger charge is 2.20. The molecule has 0 aliphatic rings. The second-order valence-corrected chi connectivity index (χ2v) is 6.64. The molecule has 3 rings (SSSR count). The molecule has 0 aliphatic heterocycles. The third-order valence-electron chi connectivity index (χ3n) is 3.74. The summed E-state index contributed by atoms with van der Waals surface area (Å²) < 4.78 is 28.1. The summed E-state index contributed by atoms with van der Waals surface area (Å²) >= 11 is 1.37. The predicted molar refractivity (Wildman–Crippen MR) is 93.6 cm³/mol. The number of nitrogens with one attached hydrogen (secondary N) is 1. The Balaban J connectivity index is 2.01. The van der Waals surface area contributed by atoms with Crippen molar-refractivity contribution in [2.75, 3.05) is 0 Å². The average molecular weight is 361 g/mol. The van der Waals surface area contributed by atoms with E-state index in [9.17, 15) is 13.6 Å². The van der Waals surface area contributed by atoms with Gasteiger partial charge in [0.1, 0.15) is 11.6 Å². The highest BCUT2D eigenvalue weighted by Crippen LogP contribution is 2.39. The second kappa shape index (κ2) is 7.65. The lowest BCUT2D eigenvalue weighted by atomic mass is 10.0. The average Bonchev–Trinajstić information content (AvgIpc) is 2.95. The Morgan fingerprint density at radius 3 is 2.04 bits per heavy atom. The number of hydrogen-bond donors (Lipinski definition) is 1. The maximum absolute atomic E-state index is 13.3. The molecule has 3 aromatic rings. The number of rotatable bonds is 6. The normalized spacial score (nSPS) is 11.2. The van der Waals surface area contributed by atoms with Crippen LogP contribution in [0.1, 0.15) is 29.7 Å². The zero-order valence-corrected chi connectivity index (χ0v) is 14.4. The Hall–Kier alpha value is -2.41. The van der Waals surface area contributed by atoms with E-state index in [1.165, 1.54) is 36.0 Å². The number of halogens is 2. The third-order valence-corrected chi connectivity index (χ3v) is 5.04. The van der Waals surface area contributed by atoms with Gasteiger partial charge in [0.05, 0.1) is 5.25 Å². The first kappa shape index (κ1) is 17.4. The Morgan fingerprint density at radius 2 is 1.56 bits per heavy atom. The molecule has 0 amide bonds. The largest absolute Gasteiger partial charge is 0.343 e. The molecule has 0 fully saturated rings. The standard InChI is InChI=1S/C18H17F2N3OS/c1-2-11-23-17(24)21-22-18(23)25-16(12-3-7-14(19)8-4-12)13-5-9-15(20)10-6-13/h3-10,16H,2,11H2,1H3,(H,21,24). The molecule has 7 heteroatoms. The highest BCUT2D eigenvalue weighted by molar-refractivity contribution is 7.99. The summed E-state index contributed by atoms with van der Waals surface area (Å²) in [5, 5.41) is 6.87. The molecule has 0 saturated carbocycles. The molecule has 4 nitrogen and oxygen atoms in total. The Kier molecular flexibility index (Phi) is 5.33. The van der Waals surface area contributed by atoms with Crippen LogP contribution < -0.4 is 5.69 Å². The Labute approximate surface area is 147 Å². The first-order valence-electron chi connectivity index (χ1n) is 7.91. The van der Waals surface area contributed by atoms with Gasteiger partial charge in [0, 0.05) is 6.54 Å². The molecular formula is C18H17F2N3OS. The van der Waals surface area contributed by atoms with Gasteiger partial charge in [0.2, 0.25) is 0 Å². The molecule has 130 valence electrons. The van der Waals surface area contributed by atoms with Gasteiger partial charge in [-0.25, -0.2) is 18.7 Å². The van der Waals surface area contributed by atoms with E-state index in [1.807, 2.05) is 6.92 Å². The molecule has 0 radical (unpaired) electrons. The molecular weight excluding hydrogens is 344 g/mol. The van der Waals surface area contributed by atoms with Crippen molar-refractivity contribution in [2.45, 2.75) is 30.3 Å². The number of aromatic amines is 1. The summed E-state index contributed by atoms with van der Waals surface area (Å²) in [4.78, 5) is 11.9. The summed E-state index contributed by atoms with van der Waals surface area (Å²) in [7, 11) is 0.